The molecular formula is C19H17N3O2. The molecule has 2 aromatic carbocycles. The third kappa shape index (κ3) is 3.61. The molecule has 120 valence electrons. The smallest absolute Gasteiger partial charge is 0.277 e. The maximum absolute atomic E-state index is 11.9. The zero-order chi connectivity index (χ0) is 16.8. The molecule has 0 fully saturated rings. The van der Waals surface area contributed by atoms with E-state index in [1.807, 2.05) is 24.3 Å². The summed E-state index contributed by atoms with van der Waals surface area (Å²) in [6.45, 7) is -0.183. The monoisotopic (exact) mass is 319 g/mol. The van der Waals surface area contributed by atoms with E-state index in [2.05, 4.69) is 16.6 Å². The van der Waals surface area contributed by atoms with Crippen LogP contribution in [0.5, 0.6) is 5.75 Å². The highest BCUT2D eigenvalue weighted by molar-refractivity contribution is 6.03. The predicted octanol–water partition coefficient (Wildman–Crippen LogP) is 2.79. The Morgan fingerprint density at radius 2 is 1.96 bits per heavy atom. The Labute approximate surface area is 140 Å². The molecule has 0 atom stereocenters. The average molecular weight is 319 g/mol. The second-order valence-electron chi connectivity index (χ2n) is 5.50. The van der Waals surface area contributed by atoms with Crippen LogP contribution in [0.1, 0.15) is 29.5 Å². The van der Waals surface area contributed by atoms with Gasteiger partial charge in [-0.2, -0.15) is 10.4 Å². The number of hydrazone groups is 1. The van der Waals surface area contributed by atoms with Crippen molar-refractivity contribution >= 4 is 11.6 Å². The van der Waals surface area contributed by atoms with Crippen LogP contribution in [0.3, 0.4) is 0 Å². The number of amides is 1. The van der Waals surface area contributed by atoms with E-state index in [0.29, 0.717) is 11.3 Å². The van der Waals surface area contributed by atoms with Crippen molar-refractivity contribution in [2.75, 3.05) is 6.61 Å². The molecule has 5 nitrogen and oxygen atoms in total. The number of para-hydroxylation sites is 1. The van der Waals surface area contributed by atoms with Crippen LogP contribution in [-0.4, -0.2) is 18.2 Å². The third-order valence-corrected chi connectivity index (χ3v) is 3.87. The Balaban J connectivity index is 1.61. The summed E-state index contributed by atoms with van der Waals surface area (Å²) in [5.74, 6) is 0.0455. The van der Waals surface area contributed by atoms with Crippen molar-refractivity contribution in [3.63, 3.8) is 0 Å². The first-order chi connectivity index (χ1) is 11.8. The molecular weight excluding hydrogens is 302 g/mol. The third-order valence-electron chi connectivity index (χ3n) is 3.87. The number of hydrogen-bond acceptors (Lipinski definition) is 4. The van der Waals surface area contributed by atoms with E-state index in [-0.39, 0.29) is 12.5 Å². The summed E-state index contributed by atoms with van der Waals surface area (Å²) in [5, 5.41) is 13.2. The van der Waals surface area contributed by atoms with Gasteiger partial charge in [0, 0.05) is 5.56 Å². The number of aryl methyl sites for hydroxylation is 1. The SMILES string of the molecule is N#Cc1ccccc1OCC(=O)N/N=C1\CCCc2ccccc21. The normalized spacial score (nSPS) is 14.5. The summed E-state index contributed by atoms with van der Waals surface area (Å²) < 4.78 is 5.40. The van der Waals surface area contributed by atoms with Crippen LogP contribution in [0.2, 0.25) is 0 Å². The van der Waals surface area contributed by atoms with Gasteiger partial charge in [0.05, 0.1) is 11.3 Å². The Hall–Kier alpha value is -3.13. The average Bonchev–Trinajstić information content (AvgIpc) is 2.64. The molecule has 0 aromatic heterocycles. The molecule has 1 amide bonds. The first-order valence-corrected chi connectivity index (χ1v) is 7.83. The van der Waals surface area contributed by atoms with Gasteiger partial charge in [0.25, 0.3) is 5.91 Å². The van der Waals surface area contributed by atoms with Crippen molar-refractivity contribution < 1.29 is 9.53 Å². The summed E-state index contributed by atoms with van der Waals surface area (Å²) >= 11 is 0. The Bertz CT molecular complexity index is 821. The molecule has 5 heteroatoms. The molecule has 1 aliphatic carbocycles. The minimum Gasteiger partial charge on any atom is -0.482 e. The second kappa shape index (κ2) is 7.42. The largest absolute Gasteiger partial charge is 0.482 e. The van der Waals surface area contributed by atoms with Gasteiger partial charge in [0.2, 0.25) is 0 Å². The lowest BCUT2D eigenvalue weighted by Crippen LogP contribution is -2.27. The van der Waals surface area contributed by atoms with Crippen LogP contribution < -0.4 is 10.2 Å². The number of nitrogens with zero attached hydrogens (tertiary/aromatic N) is 2. The van der Waals surface area contributed by atoms with Gasteiger partial charge in [-0.25, -0.2) is 5.43 Å². The summed E-state index contributed by atoms with van der Waals surface area (Å²) in [7, 11) is 0. The molecule has 0 radical (unpaired) electrons. The zero-order valence-electron chi connectivity index (χ0n) is 13.2. The van der Waals surface area contributed by atoms with E-state index in [1.165, 1.54) is 5.56 Å². The summed E-state index contributed by atoms with van der Waals surface area (Å²) in [5.41, 5.74) is 6.19. The lowest BCUT2D eigenvalue weighted by molar-refractivity contribution is -0.123. The van der Waals surface area contributed by atoms with E-state index in [0.717, 1.165) is 30.5 Å². The van der Waals surface area contributed by atoms with E-state index in [4.69, 9.17) is 10.00 Å². The summed E-state index contributed by atoms with van der Waals surface area (Å²) in [4.78, 5) is 11.9. The molecule has 0 saturated heterocycles. The fourth-order valence-electron chi connectivity index (χ4n) is 2.71. The fourth-order valence-corrected chi connectivity index (χ4v) is 2.71. The summed E-state index contributed by atoms with van der Waals surface area (Å²) in [6, 6.07) is 17.0. The van der Waals surface area contributed by atoms with Crippen LogP contribution >= 0.6 is 0 Å². The molecule has 0 aliphatic heterocycles. The van der Waals surface area contributed by atoms with E-state index in [1.54, 1.807) is 24.3 Å². The highest BCUT2D eigenvalue weighted by Gasteiger charge is 2.15. The summed E-state index contributed by atoms with van der Waals surface area (Å²) in [6.07, 6.45) is 2.91. The first-order valence-electron chi connectivity index (χ1n) is 7.83. The van der Waals surface area contributed by atoms with Crippen LogP contribution in [0.25, 0.3) is 0 Å². The molecule has 0 spiro atoms. The number of carbonyl (C=O) groups excluding carboxylic acids is 1. The highest BCUT2D eigenvalue weighted by atomic mass is 16.5. The Morgan fingerprint density at radius 1 is 1.17 bits per heavy atom. The number of nitriles is 1. The van der Waals surface area contributed by atoms with Gasteiger partial charge in [-0.1, -0.05) is 36.4 Å². The quantitative estimate of drug-likeness (QED) is 0.881. The van der Waals surface area contributed by atoms with E-state index >= 15 is 0 Å². The van der Waals surface area contributed by atoms with Crippen LogP contribution in [-0.2, 0) is 11.2 Å². The molecule has 24 heavy (non-hydrogen) atoms. The number of nitrogens with one attached hydrogen (secondary N) is 1. The molecule has 1 N–H and O–H groups in total. The van der Waals surface area contributed by atoms with Crippen LogP contribution in [0.4, 0.5) is 0 Å². The molecule has 0 bridgehead atoms. The minimum atomic E-state index is -0.349. The molecule has 1 aliphatic rings. The maximum atomic E-state index is 11.9. The van der Waals surface area contributed by atoms with Crippen molar-refractivity contribution in [2.45, 2.75) is 19.3 Å². The number of fused-ring (bicyclic) bond motifs is 1. The molecule has 2 aromatic rings. The Kier molecular flexibility index (Phi) is 4.87. The first kappa shape index (κ1) is 15.8. The minimum absolute atomic E-state index is 0.183. The topological polar surface area (TPSA) is 74.5 Å². The highest BCUT2D eigenvalue weighted by Crippen LogP contribution is 2.21. The van der Waals surface area contributed by atoms with E-state index < -0.39 is 0 Å². The second-order valence-corrected chi connectivity index (χ2v) is 5.50. The standard InChI is InChI=1S/C19H17N3O2/c20-12-15-7-2-4-11-18(15)24-13-19(23)22-21-17-10-5-8-14-6-1-3-9-16(14)17/h1-4,6-7,9,11H,5,8,10,13H2,(H,22,23)/b21-17+. The number of hydrogen-bond donors (Lipinski definition) is 1. The van der Waals surface area contributed by atoms with Crippen molar-refractivity contribution in [3.05, 3.63) is 65.2 Å². The van der Waals surface area contributed by atoms with Crippen molar-refractivity contribution in [1.29, 1.82) is 5.26 Å². The van der Waals surface area contributed by atoms with Gasteiger partial charge >= 0.3 is 0 Å². The van der Waals surface area contributed by atoms with Crippen LogP contribution in [0.15, 0.2) is 53.6 Å². The predicted molar refractivity (Wildman–Crippen MR) is 90.7 cm³/mol. The van der Waals surface area contributed by atoms with Gasteiger partial charge in [0.1, 0.15) is 11.8 Å². The van der Waals surface area contributed by atoms with Gasteiger partial charge in [-0.05, 0) is 37.0 Å². The van der Waals surface area contributed by atoms with Crippen molar-refractivity contribution in [3.8, 4) is 11.8 Å². The van der Waals surface area contributed by atoms with Gasteiger partial charge in [0.15, 0.2) is 6.61 Å². The number of ether oxygens (including phenoxy) is 1. The van der Waals surface area contributed by atoms with Gasteiger partial charge in [-0.15, -0.1) is 0 Å². The maximum Gasteiger partial charge on any atom is 0.277 e. The van der Waals surface area contributed by atoms with Gasteiger partial charge < -0.3 is 4.74 Å². The lowest BCUT2D eigenvalue weighted by Gasteiger charge is -2.17. The fraction of sp³-hybridized carbons (Fsp3) is 0.211. The van der Waals surface area contributed by atoms with Crippen molar-refractivity contribution in [2.24, 2.45) is 5.10 Å². The zero-order valence-corrected chi connectivity index (χ0v) is 13.2. The number of benzene rings is 2. The van der Waals surface area contributed by atoms with E-state index in [9.17, 15) is 4.79 Å². The molecule has 3 rings (SSSR count). The van der Waals surface area contributed by atoms with Gasteiger partial charge in [-0.3, -0.25) is 4.79 Å². The lowest BCUT2D eigenvalue weighted by atomic mass is 9.90. The molecule has 0 heterocycles. The Morgan fingerprint density at radius 3 is 2.83 bits per heavy atom. The number of rotatable bonds is 4. The molecule has 0 unspecified atom stereocenters. The molecule has 0 saturated carbocycles. The number of carbonyl (C=O) groups is 1. The van der Waals surface area contributed by atoms with Crippen LogP contribution in [0, 0.1) is 11.3 Å². The van der Waals surface area contributed by atoms with Crippen molar-refractivity contribution in [1.82, 2.24) is 5.43 Å².